The lowest BCUT2D eigenvalue weighted by Crippen LogP contribution is -2.50. The first-order valence-electron chi connectivity index (χ1n) is 9.37. The molecule has 2 atom stereocenters. The molecule has 4 rings (SSSR count). The van der Waals surface area contributed by atoms with Gasteiger partial charge in [0.2, 0.25) is 0 Å². The van der Waals surface area contributed by atoms with E-state index in [0.29, 0.717) is 22.3 Å². The van der Waals surface area contributed by atoms with Gasteiger partial charge in [0, 0.05) is 22.0 Å². The molecule has 0 saturated heterocycles. The van der Waals surface area contributed by atoms with E-state index in [-0.39, 0.29) is 11.6 Å². The number of ketones is 2. The van der Waals surface area contributed by atoms with Crippen molar-refractivity contribution in [1.29, 1.82) is 10.5 Å². The van der Waals surface area contributed by atoms with Crippen molar-refractivity contribution in [2.75, 3.05) is 0 Å². The van der Waals surface area contributed by atoms with E-state index in [1.54, 1.807) is 12.2 Å². The molecule has 0 amide bonds. The molecule has 0 aromatic heterocycles. The second kappa shape index (κ2) is 5.63. The molecular weight excluding hydrogens is 348 g/mol. The number of carbonyl (C=O) groups is 2. The molecule has 1 saturated carbocycles. The van der Waals surface area contributed by atoms with Crippen molar-refractivity contribution in [1.82, 2.24) is 0 Å². The predicted molar refractivity (Wildman–Crippen MR) is 104 cm³/mol. The molecule has 1 fully saturated rings. The third kappa shape index (κ3) is 1.93. The van der Waals surface area contributed by atoms with E-state index in [1.807, 2.05) is 12.2 Å². The Morgan fingerprint density at radius 3 is 1.43 bits per heavy atom. The van der Waals surface area contributed by atoms with E-state index < -0.39 is 10.8 Å². The summed E-state index contributed by atoms with van der Waals surface area (Å²) in [5, 5.41) is 19.9. The lowest BCUT2D eigenvalue weighted by Gasteiger charge is -2.59. The summed E-state index contributed by atoms with van der Waals surface area (Å²) in [4.78, 5) is 24.2. The van der Waals surface area contributed by atoms with Crippen LogP contribution in [0.5, 0.6) is 0 Å². The number of hydrogen-bond donors (Lipinski definition) is 0. The summed E-state index contributed by atoms with van der Waals surface area (Å²) in [6, 6.07) is 4.45. The fourth-order valence-electron chi connectivity index (χ4n) is 5.34. The van der Waals surface area contributed by atoms with Gasteiger partial charge in [-0.3, -0.25) is 9.59 Å². The van der Waals surface area contributed by atoms with Crippen LogP contribution in [0.1, 0.15) is 40.5 Å². The molecule has 0 bridgehead atoms. The van der Waals surface area contributed by atoms with Crippen LogP contribution in [0.4, 0.5) is 0 Å². The first kappa shape index (κ1) is 18.1. The largest absolute Gasteiger partial charge is 0.295 e. The van der Waals surface area contributed by atoms with Crippen LogP contribution in [0.25, 0.3) is 0 Å². The topological polar surface area (TPSA) is 81.7 Å². The molecule has 0 radical (unpaired) electrons. The minimum absolute atomic E-state index is 0.0541. The van der Waals surface area contributed by atoms with Crippen molar-refractivity contribution in [3.8, 4) is 12.1 Å². The molecule has 0 unspecified atom stereocenters. The summed E-state index contributed by atoms with van der Waals surface area (Å²) >= 11 is 0. The molecule has 0 heterocycles. The predicted octanol–water partition coefficient (Wildman–Crippen LogP) is 4.36. The molecule has 0 aromatic carbocycles. The van der Waals surface area contributed by atoms with Gasteiger partial charge in [-0.2, -0.15) is 10.5 Å². The van der Waals surface area contributed by atoms with E-state index in [2.05, 4.69) is 26.0 Å². The Kier molecular flexibility index (Phi) is 3.65. The number of Topliss-reactive ketones (excluding diaryl/α,β-unsaturated/α-hetero) is 2. The van der Waals surface area contributed by atoms with Gasteiger partial charge in [0.15, 0.2) is 11.6 Å². The Morgan fingerprint density at radius 2 is 1.14 bits per heavy atom. The zero-order valence-corrected chi connectivity index (χ0v) is 16.4. The summed E-state index contributed by atoms with van der Waals surface area (Å²) in [6.07, 6.45) is 9.01. The van der Waals surface area contributed by atoms with E-state index in [0.717, 1.165) is 35.1 Å². The monoisotopic (exact) mass is 368 g/mol. The van der Waals surface area contributed by atoms with Gasteiger partial charge in [0.1, 0.15) is 12.1 Å². The molecule has 0 spiro atoms. The van der Waals surface area contributed by atoms with Gasteiger partial charge in [-0.25, -0.2) is 0 Å². The number of rotatable bonds is 2. The standard InChI is InChI=1S/C24H20N2O2/c1-13(27)15-7-17-5-6-18-8-16(14(2)28)10-22-20(12-26)19(11-25)21(9-15)23(17,3)24(18,22)4/h7-10H,5-6H2,1-4H3/t23-,24-/m1/s1. The highest BCUT2D eigenvalue weighted by Gasteiger charge is 2.60. The van der Waals surface area contributed by atoms with Crippen LogP contribution < -0.4 is 0 Å². The number of hydrogen-bond acceptors (Lipinski definition) is 4. The molecule has 4 aliphatic carbocycles. The molecule has 4 nitrogen and oxygen atoms in total. The maximum atomic E-state index is 12.1. The Bertz CT molecular complexity index is 1060. The Hall–Kier alpha value is -3.24. The minimum atomic E-state index is -0.532. The second-order valence-electron chi connectivity index (χ2n) is 8.20. The molecular formula is C24H20N2O2. The minimum Gasteiger partial charge on any atom is -0.295 e. The van der Waals surface area contributed by atoms with Crippen molar-refractivity contribution in [2.45, 2.75) is 40.5 Å². The molecule has 0 aliphatic heterocycles. The molecule has 0 N–H and O–H groups in total. The van der Waals surface area contributed by atoms with Crippen molar-refractivity contribution in [2.24, 2.45) is 10.8 Å². The SMILES string of the molecule is CC(=O)C1=CC2=C(C#N)C(C#N)=C3C=C(C(C)=O)C=C4CCC(=C1)[C@@]2(C)[C@]43C. The highest BCUT2D eigenvalue weighted by atomic mass is 16.1. The normalized spacial score (nSPS) is 30.2. The van der Waals surface area contributed by atoms with Crippen molar-refractivity contribution < 1.29 is 9.59 Å². The number of allylic oxidation sites excluding steroid dienone is 12. The average Bonchev–Trinajstić information content (AvgIpc) is 2.65. The number of nitrogens with zero attached hydrogens (tertiary/aromatic N) is 2. The van der Waals surface area contributed by atoms with Gasteiger partial charge in [-0.1, -0.05) is 37.1 Å². The average molecular weight is 368 g/mol. The van der Waals surface area contributed by atoms with E-state index in [9.17, 15) is 20.1 Å². The van der Waals surface area contributed by atoms with Crippen LogP contribution >= 0.6 is 0 Å². The zero-order valence-electron chi connectivity index (χ0n) is 16.4. The summed E-state index contributed by atoms with van der Waals surface area (Å²) in [6.45, 7) is 7.25. The maximum absolute atomic E-state index is 12.1. The lowest BCUT2D eigenvalue weighted by molar-refractivity contribution is -0.114. The Morgan fingerprint density at radius 1 is 0.786 bits per heavy atom. The highest BCUT2D eigenvalue weighted by molar-refractivity contribution is 5.99. The van der Waals surface area contributed by atoms with Gasteiger partial charge >= 0.3 is 0 Å². The molecule has 4 aliphatic rings. The summed E-state index contributed by atoms with van der Waals surface area (Å²) in [5.74, 6) is -0.108. The smallest absolute Gasteiger partial charge is 0.159 e. The van der Waals surface area contributed by atoms with Crippen LogP contribution in [-0.2, 0) is 9.59 Å². The van der Waals surface area contributed by atoms with Crippen molar-refractivity contribution in [3.63, 3.8) is 0 Å². The van der Waals surface area contributed by atoms with Crippen LogP contribution in [0.2, 0.25) is 0 Å². The van der Waals surface area contributed by atoms with Crippen molar-refractivity contribution >= 4 is 11.6 Å². The quantitative estimate of drug-likeness (QED) is 0.725. The van der Waals surface area contributed by atoms with Crippen LogP contribution in [-0.4, -0.2) is 11.6 Å². The van der Waals surface area contributed by atoms with Crippen LogP contribution in [0.3, 0.4) is 0 Å². The lowest BCUT2D eigenvalue weighted by atomic mass is 9.43. The van der Waals surface area contributed by atoms with Gasteiger partial charge in [0.05, 0.1) is 11.1 Å². The summed E-state index contributed by atoms with van der Waals surface area (Å²) in [5.41, 5.74) is 4.40. The van der Waals surface area contributed by atoms with E-state index in [1.165, 1.54) is 13.8 Å². The van der Waals surface area contributed by atoms with Crippen molar-refractivity contribution in [3.05, 3.63) is 68.9 Å². The highest BCUT2D eigenvalue weighted by Crippen LogP contribution is 2.69. The Balaban J connectivity index is 2.18. The third-order valence-corrected chi connectivity index (χ3v) is 7.11. The first-order chi connectivity index (χ1) is 13.2. The second-order valence-corrected chi connectivity index (χ2v) is 8.20. The fraction of sp³-hybridized carbons (Fsp3) is 0.333. The van der Waals surface area contributed by atoms with Crippen LogP contribution in [0, 0.1) is 33.5 Å². The molecule has 138 valence electrons. The van der Waals surface area contributed by atoms with E-state index in [4.69, 9.17) is 0 Å². The third-order valence-electron chi connectivity index (χ3n) is 7.11. The van der Waals surface area contributed by atoms with E-state index >= 15 is 0 Å². The molecule has 0 aromatic rings. The van der Waals surface area contributed by atoms with Gasteiger partial charge < -0.3 is 0 Å². The maximum Gasteiger partial charge on any atom is 0.159 e. The molecule has 28 heavy (non-hydrogen) atoms. The first-order valence-corrected chi connectivity index (χ1v) is 9.37. The van der Waals surface area contributed by atoms with Gasteiger partial charge in [0.25, 0.3) is 0 Å². The van der Waals surface area contributed by atoms with Crippen LogP contribution in [0.15, 0.2) is 68.9 Å². The fourth-order valence-corrected chi connectivity index (χ4v) is 5.34. The molecule has 4 heteroatoms. The summed E-state index contributed by atoms with van der Waals surface area (Å²) in [7, 11) is 0. The summed E-state index contributed by atoms with van der Waals surface area (Å²) < 4.78 is 0. The van der Waals surface area contributed by atoms with Gasteiger partial charge in [-0.05, 0) is 50.0 Å². The van der Waals surface area contributed by atoms with Gasteiger partial charge in [-0.15, -0.1) is 0 Å². The number of carbonyl (C=O) groups excluding carboxylic acids is 2. The zero-order chi connectivity index (χ0) is 20.4. The number of nitriles is 2. The Labute approximate surface area is 164 Å².